The Morgan fingerprint density at radius 3 is 1.89 bits per heavy atom. The van der Waals surface area contributed by atoms with Gasteiger partial charge in [-0.1, -0.05) is 6.07 Å². The van der Waals surface area contributed by atoms with Gasteiger partial charge in [0.05, 0.1) is 39.2 Å². The predicted octanol–water partition coefficient (Wildman–Crippen LogP) is 5.70. The summed E-state index contributed by atoms with van der Waals surface area (Å²) >= 11 is 6.21. The zero-order chi connectivity index (χ0) is 51.8. The highest BCUT2D eigenvalue weighted by atomic mass is 35.5. The number of nitrogens with one attached hydrogen (secondary N) is 1. The molecule has 0 spiro atoms. The van der Waals surface area contributed by atoms with Crippen LogP contribution in [0, 0.1) is 0 Å². The van der Waals surface area contributed by atoms with Crippen molar-refractivity contribution in [2.45, 2.75) is 31.4 Å². The molecule has 0 atom stereocenters. The van der Waals surface area contributed by atoms with Gasteiger partial charge < -0.3 is 15.3 Å². The van der Waals surface area contributed by atoms with Crippen molar-refractivity contribution >= 4 is 129 Å². The second-order valence-corrected chi connectivity index (χ2v) is 22.8. The minimum atomic E-state index is -5.54. The first kappa shape index (κ1) is 53.1. The molecule has 0 saturated heterocycles. The summed E-state index contributed by atoms with van der Waals surface area (Å²) in [4.78, 5) is 9.18. The van der Waals surface area contributed by atoms with Crippen LogP contribution in [0.25, 0.3) is 10.8 Å². The third-order valence-corrected chi connectivity index (χ3v) is 15.0. The van der Waals surface area contributed by atoms with Crippen molar-refractivity contribution in [1.29, 1.82) is 0 Å². The number of hydrogen-bond acceptors (Lipinski definition) is 23. The predicted molar refractivity (Wildman–Crippen MR) is 243 cm³/mol. The van der Waals surface area contributed by atoms with Gasteiger partial charge in [0.25, 0.3) is 40.5 Å². The first-order valence-electron chi connectivity index (χ1n) is 18.6. The Morgan fingerprint density at radius 2 is 1.29 bits per heavy atom. The van der Waals surface area contributed by atoms with E-state index in [1.807, 2.05) is 0 Å². The Labute approximate surface area is 401 Å². The summed E-state index contributed by atoms with van der Waals surface area (Å²) in [5.41, 5.74) is -2.51. The van der Waals surface area contributed by atoms with Crippen molar-refractivity contribution in [2.75, 3.05) is 29.1 Å². The Bertz CT molecular complexity index is 3850. The molecule has 1 heterocycles. The third kappa shape index (κ3) is 12.7. The van der Waals surface area contributed by atoms with Gasteiger partial charge in [-0.05, 0) is 97.4 Å². The molecule has 0 aliphatic heterocycles. The van der Waals surface area contributed by atoms with E-state index in [1.54, 1.807) is 6.92 Å². The lowest BCUT2D eigenvalue weighted by Crippen LogP contribution is -2.21. The quantitative estimate of drug-likeness (QED) is 0.0401. The van der Waals surface area contributed by atoms with Gasteiger partial charge in [0.2, 0.25) is 17.2 Å². The van der Waals surface area contributed by atoms with Crippen LogP contribution in [0.2, 0.25) is 5.28 Å². The molecular formula is C35H30ClN9O19S6. The molecule has 0 amide bonds. The molecule has 0 bridgehead atoms. The van der Waals surface area contributed by atoms with Gasteiger partial charge in [0.15, 0.2) is 15.6 Å². The van der Waals surface area contributed by atoms with Crippen molar-refractivity contribution in [3.8, 4) is 5.75 Å². The summed E-state index contributed by atoms with van der Waals surface area (Å²) in [5, 5.41) is 26.8. The van der Waals surface area contributed by atoms with Gasteiger partial charge in [-0.3, -0.25) is 22.8 Å². The van der Waals surface area contributed by atoms with E-state index < -0.39 is 137 Å². The minimum Gasteiger partial charge on any atom is -0.505 e. The molecule has 70 heavy (non-hydrogen) atoms. The molecule has 1 aromatic heterocycles. The van der Waals surface area contributed by atoms with Crippen molar-refractivity contribution < 1.29 is 82.6 Å². The molecule has 28 nitrogen and oxygen atoms in total. The van der Waals surface area contributed by atoms with E-state index in [1.165, 1.54) is 23.1 Å². The van der Waals surface area contributed by atoms with E-state index in [2.05, 4.69) is 44.9 Å². The Hall–Kier alpha value is -6.28. The van der Waals surface area contributed by atoms with Crippen LogP contribution >= 0.6 is 11.6 Å². The molecule has 0 unspecified atom stereocenters. The first-order chi connectivity index (χ1) is 32.4. The first-order valence-corrected chi connectivity index (χ1v) is 27.7. The number of phenolic OH excluding ortho intramolecular Hbond substituents is 1. The third-order valence-electron chi connectivity index (χ3n) is 9.09. The number of fused-ring (bicyclic) bond motifs is 1. The number of azo groups is 2. The second kappa shape index (κ2) is 19.8. The van der Waals surface area contributed by atoms with Crippen molar-refractivity contribution in [3.63, 3.8) is 0 Å². The highest BCUT2D eigenvalue weighted by molar-refractivity contribution is 7.91. The number of aromatic nitrogens is 3. The van der Waals surface area contributed by atoms with Gasteiger partial charge in [0, 0.05) is 23.0 Å². The maximum Gasteiger partial charge on any atom is 0.397 e. The minimum absolute atomic E-state index is 0.00832. The van der Waals surface area contributed by atoms with Crippen LogP contribution in [0.1, 0.15) is 6.92 Å². The van der Waals surface area contributed by atoms with Gasteiger partial charge in [-0.2, -0.15) is 67.3 Å². The summed E-state index contributed by atoms with van der Waals surface area (Å²) in [6.07, 6.45) is 0. The van der Waals surface area contributed by atoms with Crippen LogP contribution in [0.3, 0.4) is 0 Å². The average molecular weight is 1110 g/mol. The van der Waals surface area contributed by atoms with Gasteiger partial charge in [-0.25, -0.2) is 12.6 Å². The Morgan fingerprint density at radius 1 is 0.643 bits per heavy atom. The molecular weight excluding hydrogens is 1080 g/mol. The Kier molecular flexibility index (Phi) is 15.0. The van der Waals surface area contributed by atoms with Crippen molar-refractivity contribution in [3.05, 3.63) is 90.2 Å². The Balaban J connectivity index is 1.38. The summed E-state index contributed by atoms with van der Waals surface area (Å²) in [6, 6.07) is 14.5. The zero-order valence-corrected chi connectivity index (χ0v) is 40.3. The smallest absolute Gasteiger partial charge is 0.397 e. The average Bonchev–Trinajstić information content (AvgIpc) is 3.23. The lowest BCUT2D eigenvalue weighted by molar-refractivity contribution is 0.284. The van der Waals surface area contributed by atoms with E-state index in [-0.39, 0.29) is 34.5 Å². The second-order valence-electron chi connectivity index (χ2n) is 13.7. The molecule has 0 fully saturated rings. The SMILES string of the molecule is CCN(c1cccc(S(=O)(=O)CCOS(=O)(=O)O)c1)c1nc(Cl)nc(Nc2ccc3c(O)c(/N=N/c4ccc(/N=N/c5ccc(S(=O)(=O)O)cc5)cc4S(=O)(=O)O)c(S(=O)(=O)O)cc3c2S(=O)(=O)O)n1. The molecule has 0 saturated carbocycles. The summed E-state index contributed by atoms with van der Waals surface area (Å²) in [5.74, 6) is -2.89. The molecule has 6 rings (SSSR count). The van der Waals surface area contributed by atoms with Gasteiger partial charge >= 0.3 is 10.4 Å². The van der Waals surface area contributed by atoms with Crippen LogP contribution in [0.4, 0.5) is 46.0 Å². The normalized spacial score (nSPS) is 13.1. The number of phenols is 1. The lowest BCUT2D eigenvalue weighted by Gasteiger charge is -2.22. The number of benzene rings is 5. The van der Waals surface area contributed by atoms with E-state index in [0.29, 0.717) is 6.07 Å². The summed E-state index contributed by atoms with van der Waals surface area (Å²) in [7, 11) is -29.9. The van der Waals surface area contributed by atoms with Gasteiger partial charge in [-0.15, -0.1) is 10.2 Å². The molecule has 5 aromatic carbocycles. The highest BCUT2D eigenvalue weighted by Crippen LogP contribution is 2.45. The van der Waals surface area contributed by atoms with Gasteiger partial charge in [0.1, 0.15) is 26.1 Å². The number of sulfone groups is 1. The molecule has 372 valence electrons. The summed E-state index contributed by atoms with van der Waals surface area (Å²) < 4.78 is 199. The number of halogens is 1. The number of hydrogen-bond donors (Lipinski definition) is 7. The molecule has 0 aliphatic rings. The fourth-order valence-electron chi connectivity index (χ4n) is 6.11. The van der Waals surface area contributed by atoms with Crippen molar-refractivity contribution in [2.24, 2.45) is 20.5 Å². The van der Waals surface area contributed by atoms with Crippen LogP contribution in [0.15, 0.2) is 130 Å². The number of aromatic hydroxyl groups is 1. The zero-order valence-electron chi connectivity index (χ0n) is 34.6. The number of nitrogens with zero attached hydrogens (tertiary/aromatic N) is 8. The van der Waals surface area contributed by atoms with Crippen LogP contribution in [-0.2, 0) is 64.9 Å². The van der Waals surface area contributed by atoms with Crippen LogP contribution in [0.5, 0.6) is 5.75 Å². The van der Waals surface area contributed by atoms with Crippen molar-refractivity contribution in [1.82, 2.24) is 15.0 Å². The maximum absolute atomic E-state index is 13.0. The van der Waals surface area contributed by atoms with E-state index in [9.17, 15) is 69.3 Å². The van der Waals surface area contributed by atoms with E-state index >= 15 is 0 Å². The fourth-order valence-corrected chi connectivity index (χ4v) is 10.4. The lowest BCUT2D eigenvalue weighted by atomic mass is 10.1. The topological polar surface area (TPSA) is 439 Å². The molecule has 0 aliphatic carbocycles. The molecule has 6 aromatic rings. The number of anilines is 4. The largest absolute Gasteiger partial charge is 0.505 e. The number of rotatable bonds is 18. The van der Waals surface area contributed by atoms with E-state index in [0.717, 1.165) is 60.7 Å². The van der Waals surface area contributed by atoms with E-state index in [4.69, 9.17) is 20.7 Å². The highest BCUT2D eigenvalue weighted by Gasteiger charge is 2.29. The standard InChI is InChI=1S/C35H30ClN9O19S6/c1-2-45(21-4-3-5-23(17-21)65(47,48)15-14-64-70(61,62)63)35-39-33(36)38-34(40-35)37-27-13-11-24-25(32(27)69(58,59)60)18-29(68(55,56)57)30(31(24)46)44-43-26-12-8-20(16-28(26)67(52,53)54)42-41-19-6-9-22(10-7-19)66(49,50)51/h3-13,16-18,46H,2,14-15H2,1H3,(H,49,50,51)(H,52,53,54)(H,55,56,57)(H,58,59,60)(H,61,62,63)(H,37,38,39,40)/b42-41+,44-43+. The molecule has 35 heteroatoms. The van der Waals surface area contributed by atoms with Crippen LogP contribution < -0.4 is 10.2 Å². The molecule has 0 radical (unpaired) electrons. The summed E-state index contributed by atoms with van der Waals surface area (Å²) in [6.45, 7) is 0.679. The van der Waals surface area contributed by atoms with Crippen LogP contribution in [-0.4, -0.2) is 112 Å². The molecule has 7 N–H and O–H groups in total. The monoisotopic (exact) mass is 1110 g/mol. The maximum atomic E-state index is 13.0. The fraction of sp³-hybridized carbons (Fsp3) is 0.114.